The lowest BCUT2D eigenvalue weighted by atomic mass is 10.1. The molecule has 0 aliphatic rings. The summed E-state index contributed by atoms with van der Waals surface area (Å²) >= 11 is 0. The van der Waals surface area contributed by atoms with Crippen LogP contribution in [0, 0.1) is 10.1 Å². The third kappa shape index (κ3) is 2.34. The van der Waals surface area contributed by atoms with Crippen LogP contribution in [0.4, 0.5) is 5.69 Å². The van der Waals surface area contributed by atoms with E-state index in [4.69, 9.17) is 0 Å². The van der Waals surface area contributed by atoms with E-state index in [0.717, 1.165) is 17.0 Å². The highest BCUT2D eigenvalue weighted by Crippen LogP contribution is 2.23. The van der Waals surface area contributed by atoms with Crippen molar-refractivity contribution in [2.24, 2.45) is 0 Å². The maximum absolute atomic E-state index is 10.7. The number of benzene rings is 2. The Bertz CT molecular complexity index is 955. The minimum atomic E-state index is -0.422. The predicted octanol–water partition coefficient (Wildman–Crippen LogP) is 3.30. The number of nitrogens with one attached hydrogen (secondary N) is 1. The van der Waals surface area contributed by atoms with Crippen molar-refractivity contribution in [3.8, 4) is 22.6 Å². The quantitative estimate of drug-likeness (QED) is 0.464. The first-order valence-corrected chi connectivity index (χ1v) is 6.96. The van der Waals surface area contributed by atoms with E-state index in [0.29, 0.717) is 11.5 Å². The zero-order valence-electron chi connectivity index (χ0n) is 11.9. The van der Waals surface area contributed by atoms with Crippen LogP contribution in [0.2, 0.25) is 0 Å². The van der Waals surface area contributed by atoms with Crippen molar-refractivity contribution in [3.63, 3.8) is 0 Å². The summed E-state index contributed by atoms with van der Waals surface area (Å²) in [5.41, 5.74) is 2.55. The van der Waals surface area contributed by atoms with E-state index in [2.05, 4.69) is 15.1 Å². The molecule has 0 spiro atoms. The maximum Gasteiger partial charge on any atom is 0.269 e. The molecule has 0 fully saturated rings. The van der Waals surface area contributed by atoms with Crippen LogP contribution in [0.1, 0.15) is 0 Å². The average Bonchev–Trinajstić information content (AvgIpc) is 3.14. The fourth-order valence-corrected chi connectivity index (χ4v) is 2.39. The van der Waals surface area contributed by atoms with Crippen molar-refractivity contribution in [2.75, 3.05) is 0 Å². The van der Waals surface area contributed by atoms with Gasteiger partial charge in [0, 0.05) is 23.3 Å². The molecule has 7 nitrogen and oxygen atoms in total. The SMILES string of the molecule is O=[N+]([O-])c1ccc(-c2cn3[nH]c(-c4ccccc4)nc3n2)cc1. The highest BCUT2D eigenvalue weighted by atomic mass is 16.6. The fourth-order valence-electron chi connectivity index (χ4n) is 2.39. The Labute approximate surface area is 130 Å². The Morgan fingerprint density at radius 1 is 0.957 bits per heavy atom. The van der Waals surface area contributed by atoms with Gasteiger partial charge in [0.15, 0.2) is 5.82 Å². The van der Waals surface area contributed by atoms with Crippen LogP contribution >= 0.6 is 0 Å². The number of aromatic amines is 1. The van der Waals surface area contributed by atoms with E-state index in [1.807, 2.05) is 36.5 Å². The van der Waals surface area contributed by atoms with E-state index < -0.39 is 4.92 Å². The van der Waals surface area contributed by atoms with Crippen LogP contribution in [-0.4, -0.2) is 24.5 Å². The van der Waals surface area contributed by atoms with Crippen LogP contribution in [0.15, 0.2) is 60.8 Å². The number of aromatic nitrogens is 4. The number of nitro groups is 1. The molecule has 0 radical (unpaired) electrons. The number of fused-ring (bicyclic) bond motifs is 1. The second kappa shape index (κ2) is 5.06. The first-order valence-electron chi connectivity index (χ1n) is 6.96. The molecule has 0 saturated carbocycles. The van der Waals surface area contributed by atoms with Gasteiger partial charge in [0.1, 0.15) is 0 Å². The fraction of sp³-hybridized carbons (Fsp3) is 0. The Morgan fingerprint density at radius 2 is 1.70 bits per heavy atom. The molecule has 0 amide bonds. The summed E-state index contributed by atoms with van der Waals surface area (Å²) in [6, 6.07) is 16.1. The molecule has 0 aliphatic carbocycles. The van der Waals surface area contributed by atoms with Crippen LogP contribution in [0.5, 0.6) is 0 Å². The lowest BCUT2D eigenvalue weighted by Crippen LogP contribution is -1.87. The molecule has 0 unspecified atom stereocenters. The van der Waals surface area contributed by atoms with Gasteiger partial charge >= 0.3 is 0 Å². The highest BCUT2D eigenvalue weighted by molar-refractivity contribution is 5.64. The molecule has 0 atom stereocenters. The molecule has 2 heterocycles. The topological polar surface area (TPSA) is 89.1 Å². The molecule has 0 saturated heterocycles. The Morgan fingerprint density at radius 3 is 2.35 bits per heavy atom. The molecule has 2 aromatic carbocycles. The molecule has 0 aliphatic heterocycles. The van der Waals surface area contributed by atoms with Crippen molar-refractivity contribution in [1.82, 2.24) is 19.6 Å². The Kier molecular flexibility index (Phi) is 2.90. The maximum atomic E-state index is 10.7. The van der Waals surface area contributed by atoms with Gasteiger partial charge in [-0.05, 0) is 12.1 Å². The number of rotatable bonds is 3. The zero-order chi connectivity index (χ0) is 15.8. The number of nitro benzene ring substituents is 1. The predicted molar refractivity (Wildman–Crippen MR) is 84.9 cm³/mol. The second-order valence-corrected chi connectivity index (χ2v) is 5.04. The number of hydrogen-bond donors (Lipinski definition) is 1. The van der Waals surface area contributed by atoms with Crippen LogP contribution in [0.25, 0.3) is 28.4 Å². The first-order chi connectivity index (χ1) is 11.2. The standard InChI is InChI=1S/C16H11N5O2/c22-21(23)13-8-6-11(7-9-13)14-10-20-16(17-14)18-15(19-20)12-4-2-1-3-5-12/h1-10H,(H,17,18,19). The summed E-state index contributed by atoms with van der Waals surface area (Å²) in [6.07, 6.45) is 1.82. The van der Waals surface area contributed by atoms with Crippen LogP contribution < -0.4 is 0 Å². The van der Waals surface area contributed by atoms with Crippen LogP contribution in [-0.2, 0) is 0 Å². The second-order valence-electron chi connectivity index (χ2n) is 5.04. The van der Waals surface area contributed by atoms with Gasteiger partial charge in [-0.15, -0.1) is 0 Å². The van der Waals surface area contributed by atoms with Crippen molar-refractivity contribution in [2.45, 2.75) is 0 Å². The van der Waals surface area contributed by atoms with Gasteiger partial charge < -0.3 is 0 Å². The minimum absolute atomic E-state index is 0.0583. The number of H-pyrrole nitrogens is 1. The molecule has 4 rings (SSSR count). The van der Waals surface area contributed by atoms with Crippen molar-refractivity contribution in [1.29, 1.82) is 0 Å². The molecule has 1 N–H and O–H groups in total. The molecule has 23 heavy (non-hydrogen) atoms. The molecule has 4 aromatic rings. The van der Waals surface area contributed by atoms with Crippen LogP contribution in [0.3, 0.4) is 0 Å². The normalized spacial score (nSPS) is 11.0. The van der Waals surface area contributed by atoms with Crippen molar-refractivity contribution in [3.05, 3.63) is 70.9 Å². The molecule has 112 valence electrons. The van der Waals surface area contributed by atoms with Gasteiger partial charge in [-0.25, -0.2) is 9.50 Å². The van der Waals surface area contributed by atoms with E-state index in [1.165, 1.54) is 12.1 Å². The van der Waals surface area contributed by atoms with Gasteiger partial charge in [-0.1, -0.05) is 30.3 Å². The molecule has 0 bridgehead atoms. The molecular formula is C16H11N5O2. The number of nitrogens with zero attached hydrogens (tertiary/aromatic N) is 4. The van der Waals surface area contributed by atoms with E-state index in [1.54, 1.807) is 16.6 Å². The smallest absolute Gasteiger partial charge is 0.269 e. The van der Waals surface area contributed by atoms with Crippen molar-refractivity contribution >= 4 is 11.5 Å². The minimum Gasteiger partial charge on any atom is -0.274 e. The number of imidazole rings is 1. The van der Waals surface area contributed by atoms with Gasteiger partial charge in [-0.2, -0.15) is 4.98 Å². The zero-order valence-corrected chi connectivity index (χ0v) is 11.9. The molecular weight excluding hydrogens is 294 g/mol. The van der Waals surface area contributed by atoms with E-state index in [9.17, 15) is 10.1 Å². The van der Waals surface area contributed by atoms with Gasteiger partial charge in [0.25, 0.3) is 11.5 Å². The number of non-ortho nitro benzene ring substituents is 1. The molecule has 7 heteroatoms. The third-order valence-electron chi connectivity index (χ3n) is 3.55. The monoisotopic (exact) mass is 305 g/mol. The summed E-state index contributed by atoms with van der Waals surface area (Å²) in [6.45, 7) is 0. The Hall–Kier alpha value is -3.48. The lowest BCUT2D eigenvalue weighted by Gasteiger charge is -1.96. The van der Waals surface area contributed by atoms with Gasteiger partial charge in [0.2, 0.25) is 0 Å². The number of hydrogen-bond acceptors (Lipinski definition) is 4. The third-order valence-corrected chi connectivity index (χ3v) is 3.55. The average molecular weight is 305 g/mol. The lowest BCUT2D eigenvalue weighted by molar-refractivity contribution is -0.384. The summed E-state index contributed by atoms with van der Waals surface area (Å²) in [5.74, 6) is 1.29. The van der Waals surface area contributed by atoms with E-state index in [-0.39, 0.29) is 5.69 Å². The Balaban J connectivity index is 1.70. The van der Waals surface area contributed by atoms with Gasteiger partial charge in [-0.3, -0.25) is 15.2 Å². The summed E-state index contributed by atoms with van der Waals surface area (Å²) in [7, 11) is 0. The summed E-state index contributed by atoms with van der Waals surface area (Å²) < 4.78 is 1.74. The first kappa shape index (κ1) is 13.2. The van der Waals surface area contributed by atoms with E-state index >= 15 is 0 Å². The highest BCUT2D eigenvalue weighted by Gasteiger charge is 2.11. The summed E-state index contributed by atoms with van der Waals surface area (Å²) in [4.78, 5) is 19.2. The summed E-state index contributed by atoms with van der Waals surface area (Å²) in [5, 5.41) is 13.9. The largest absolute Gasteiger partial charge is 0.274 e. The van der Waals surface area contributed by atoms with Crippen molar-refractivity contribution < 1.29 is 4.92 Å². The molecule has 2 aromatic heterocycles. The van der Waals surface area contributed by atoms with Gasteiger partial charge in [0.05, 0.1) is 16.8 Å².